The molecular formula is C17H18N2O3. The van der Waals surface area contributed by atoms with E-state index in [-0.39, 0.29) is 11.8 Å². The van der Waals surface area contributed by atoms with Gasteiger partial charge in [0.2, 0.25) is 0 Å². The molecule has 0 heterocycles. The molecule has 114 valence electrons. The van der Waals surface area contributed by atoms with Gasteiger partial charge in [-0.1, -0.05) is 17.7 Å². The van der Waals surface area contributed by atoms with Crippen molar-refractivity contribution < 1.29 is 14.3 Å². The van der Waals surface area contributed by atoms with Crippen LogP contribution in [-0.4, -0.2) is 26.0 Å². The molecule has 2 aromatic rings. The predicted molar refractivity (Wildman–Crippen MR) is 85.5 cm³/mol. The van der Waals surface area contributed by atoms with Gasteiger partial charge in [-0.2, -0.15) is 0 Å². The SMILES string of the molecule is CNC(=O)c1ccc(NC(=O)c2ccc(C)cc2)c(OC)c1. The van der Waals surface area contributed by atoms with Crippen LogP contribution in [-0.2, 0) is 0 Å². The third-order valence-corrected chi connectivity index (χ3v) is 3.25. The summed E-state index contributed by atoms with van der Waals surface area (Å²) in [5, 5.41) is 5.33. The Bertz CT molecular complexity index is 694. The van der Waals surface area contributed by atoms with Crippen LogP contribution in [0.4, 0.5) is 5.69 Å². The van der Waals surface area contributed by atoms with Crippen LogP contribution >= 0.6 is 0 Å². The number of nitrogens with one attached hydrogen (secondary N) is 2. The topological polar surface area (TPSA) is 67.4 Å². The number of carbonyl (C=O) groups excluding carboxylic acids is 2. The fourth-order valence-electron chi connectivity index (χ4n) is 1.98. The maximum absolute atomic E-state index is 12.2. The van der Waals surface area contributed by atoms with Crippen molar-refractivity contribution in [3.63, 3.8) is 0 Å². The maximum atomic E-state index is 12.2. The van der Waals surface area contributed by atoms with Gasteiger partial charge in [-0.25, -0.2) is 0 Å². The number of aryl methyl sites for hydroxylation is 1. The van der Waals surface area contributed by atoms with Gasteiger partial charge in [-0.3, -0.25) is 9.59 Å². The lowest BCUT2D eigenvalue weighted by atomic mass is 10.1. The van der Waals surface area contributed by atoms with E-state index >= 15 is 0 Å². The maximum Gasteiger partial charge on any atom is 0.255 e. The van der Waals surface area contributed by atoms with Crippen LogP contribution in [0.3, 0.4) is 0 Å². The summed E-state index contributed by atoms with van der Waals surface area (Å²) < 4.78 is 5.24. The van der Waals surface area contributed by atoms with Crippen LogP contribution in [0.25, 0.3) is 0 Å². The van der Waals surface area contributed by atoms with E-state index < -0.39 is 0 Å². The van der Waals surface area contributed by atoms with Crippen LogP contribution in [0.5, 0.6) is 5.75 Å². The number of carbonyl (C=O) groups is 2. The van der Waals surface area contributed by atoms with Gasteiger partial charge in [0.1, 0.15) is 5.75 Å². The number of hydrogen-bond acceptors (Lipinski definition) is 3. The smallest absolute Gasteiger partial charge is 0.255 e. The zero-order chi connectivity index (χ0) is 16.1. The van der Waals surface area contributed by atoms with Gasteiger partial charge in [-0.05, 0) is 37.3 Å². The molecule has 0 saturated heterocycles. The number of anilines is 1. The summed E-state index contributed by atoms with van der Waals surface area (Å²) in [6.07, 6.45) is 0. The number of ether oxygens (including phenoxy) is 1. The van der Waals surface area contributed by atoms with Crippen LogP contribution in [0.1, 0.15) is 26.3 Å². The van der Waals surface area contributed by atoms with E-state index in [2.05, 4.69) is 10.6 Å². The molecule has 0 aromatic heterocycles. The average Bonchev–Trinajstić information content (AvgIpc) is 2.55. The van der Waals surface area contributed by atoms with Crippen molar-refractivity contribution in [3.8, 4) is 5.75 Å². The van der Waals surface area contributed by atoms with Gasteiger partial charge in [0.15, 0.2) is 0 Å². The minimum absolute atomic E-state index is 0.213. The first kappa shape index (κ1) is 15.6. The van der Waals surface area contributed by atoms with Gasteiger partial charge in [0.05, 0.1) is 12.8 Å². The quantitative estimate of drug-likeness (QED) is 0.911. The van der Waals surface area contributed by atoms with Crippen LogP contribution in [0.15, 0.2) is 42.5 Å². The summed E-state index contributed by atoms with van der Waals surface area (Å²) in [4.78, 5) is 23.8. The molecule has 0 atom stereocenters. The van der Waals surface area contributed by atoms with E-state index in [1.54, 1.807) is 37.4 Å². The Hall–Kier alpha value is -2.82. The Morgan fingerprint density at radius 1 is 0.955 bits per heavy atom. The van der Waals surface area contributed by atoms with E-state index in [1.165, 1.54) is 7.11 Å². The molecule has 2 rings (SSSR count). The van der Waals surface area contributed by atoms with E-state index in [0.29, 0.717) is 22.6 Å². The molecule has 0 aliphatic rings. The molecule has 5 heteroatoms. The van der Waals surface area contributed by atoms with Crippen LogP contribution < -0.4 is 15.4 Å². The van der Waals surface area contributed by atoms with Gasteiger partial charge in [0, 0.05) is 18.2 Å². The summed E-state index contributed by atoms with van der Waals surface area (Å²) in [5.41, 5.74) is 2.63. The highest BCUT2D eigenvalue weighted by Crippen LogP contribution is 2.26. The highest BCUT2D eigenvalue weighted by molar-refractivity contribution is 6.05. The Morgan fingerprint density at radius 3 is 2.18 bits per heavy atom. The minimum Gasteiger partial charge on any atom is -0.495 e. The van der Waals surface area contributed by atoms with E-state index in [4.69, 9.17) is 4.74 Å². The first-order chi connectivity index (χ1) is 10.5. The molecule has 0 saturated carbocycles. The van der Waals surface area contributed by atoms with Crippen molar-refractivity contribution in [1.82, 2.24) is 5.32 Å². The summed E-state index contributed by atoms with van der Waals surface area (Å²) in [7, 11) is 3.05. The predicted octanol–water partition coefficient (Wildman–Crippen LogP) is 2.62. The summed E-state index contributed by atoms with van der Waals surface area (Å²) in [6, 6.07) is 12.1. The molecule has 22 heavy (non-hydrogen) atoms. The molecule has 0 bridgehead atoms. The van der Waals surface area contributed by atoms with Gasteiger partial charge >= 0.3 is 0 Å². The second-order valence-corrected chi connectivity index (χ2v) is 4.81. The Labute approximate surface area is 129 Å². The second kappa shape index (κ2) is 6.76. The summed E-state index contributed by atoms with van der Waals surface area (Å²) >= 11 is 0. The number of methoxy groups -OCH3 is 1. The Kier molecular flexibility index (Phi) is 4.78. The molecule has 5 nitrogen and oxygen atoms in total. The molecule has 0 fully saturated rings. The monoisotopic (exact) mass is 298 g/mol. The van der Waals surface area contributed by atoms with Crippen molar-refractivity contribution >= 4 is 17.5 Å². The van der Waals surface area contributed by atoms with E-state index in [9.17, 15) is 9.59 Å². The van der Waals surface area contributed by atoms with Crippen molar-refractivity contribution in [2.24, 2.45) is 0 Å². The number of hydrogen-bond donors (Lipinski definition) is 2. The zero-order valence-electron chi connectivity index (χ0n) is 12.8. The Balaban J connectivity index is 2.23. The fourth-order valence-corrected chi connectivity index (χ4v) is 1.98. The van der Waals surface area contributed by atoms with Crippen molar-refractivity contribution in [3.05, 3.63) is 59.2 Å². The van der Waals surface area contributed by atoms with E-state index in [0.717, 1.165) is 5.56 Å². The highest BCUT2D eigenvalue weighted by Gasteiger charge is 2.12. The number of rotatable bonds is 4. The molecular weight excluding hydrogens is 280 g/mol. The Morgan fingerprint density at radius 2 is 1.59 bits per heavy atom. The number of benzene rings is 2. The molecule has 0 aliphatic carbocycles. The normalized spacial score (nSPS) is 9.95. The van der Waals surface area contributed by atoms with E-state index in [1.807, 2.05) is 19.1 Å². The molecule has 0 unspecified atom stereocenters. The molecule has 2 amide bonds. The minimum atomic E-state index is -0.231. The second-order valence-electron chi connectivity index (χ2n) is 4.81. The molecule has 2 aromatic carbocycles. The first-order valence-corrected chi connectivity index (χ1v) is 6.83. The third kappa shape index (κ3) is 3.44. The molecule has 0 aliphatic heterocycles. The zero-order valence-corrected chi connectivity index (χ0v) is 12.8. The first-order valence-electron chi connectivity index (χ1n) is 6.83. The van der Waals surface area contributed by atoms with Crippen LogP contribution in [0.2, 0.25) is 0 Å². The number of amides is 2. The van der Waals surface area contributed by atoms with Gasteiger partial charge < -0.3 is 15.4 Å². The molecule has 2 N–H and O–H groups in total. The van der Waals surface area contributed by atoms with Gasteiger partial charge in [0.25, 0.3) is 11.8 Å². The lowest BCUT2D eigenvalue weighted by Gasteiger charge is -2.11. The van der Waals surface area contributed by atoms with Crippen LogP contribution in [0, 0.1) is 6.92 Å². The van der Waals surface area contributed by atoms with Crippen molar-refractivity contribution in [2.45, 2.75) is 6.92 Å². The third-order valence-electron chi connectivity index (χ3n) is 3.25. The lowest BCUT2D eigenvalue weighted by molar-refractivity contribution is 0.0962. The average molecular weight is 298 g/mol. The van der Waals surface area contributed by atoms with Crippen molar-refractivity contribution in [2.75, 3.05) is 19.5 Å². The van der Waals surface area contributed by atoms with Crippen molar-refractivity contribution in [1.29, 1.82) is 0 Å². The molecule has 0 radical (unpaired) electrons. The molecule has 0 spiro atoms. The fraction of sp³-hybridized carbons (Fsp3) is 0.176. The lowest BCUT2D eigenvalue weighted by Crippen LogP contribution is -2.18. The standard InChI is InChI=1S/C17H18N2O3/c1-11-4-6-12(7-5-11)17(21)19-14-9-8-13(16(20)18-2)10-15(14)22-3/h4-10H,1-3H3,(H,18,20)(H,19,21). The summed E-state index contributed by atoms with van der Waals surface area (Å²) in [5.74, 6) is -0.0118. The van der Waals surface area contributed by atoms with Gasteiger partial charge in [-0.15, -0.1) is 0 Å². The highest BCUT2D eigenvalue weighted by atomic mass is 16.5. The largest absolute Gasteiger partial charge is 0.495 e. The summed E-state index contributed by atoms with van der Waals surface area (Å²) in [6.45, 7) is 1.96.